The SMILES string of the molecule is CCOC(=O)CCC(CC#N)(c1ccccc1)c1ccccc1.N#CCC(CCCO)(c1ccccc1)c1ccccc1. The molecule has 0 atom stereocenters. The molecule has 0 saturated heterocycles. The maximum atomic E-state index is 11.9. The summed E-state index contributed by atoms with van der Waals surface area (Å²) in [5.41, 5.74) is 3.56. The minimum Gasteiger partial charge on any atom is -0.466 e. The Labute approximate surface area is 256 Å². The minimum absolute atomic E-state index is 0.146. The molecule has 0 amide bonds. The van der Waals surface area contributed by atoms with Gasteiger partial charge >= 0.3 is 5.97 Å². The fraction of sp³-hybridized carbons (Fsp3) is 0.289. The molecule has 0 radical (unpaired) electrons. The number of carbonyl (C=O) groups is 1. The number of nitriles is 2. The molecular formula is C38H40N2O3. The molecular weight excluding hydrogens is 532 g/mol. The number of benzene rings is 4. The normalized spacial score (nSPS) is 10.9. The first-order valence-electron chi connectivity index (χ1n) is 14.8. The molecule has 4 aromatic rings. The van der Waals surface area contributed by atoms with Gasteiger partial charge in [-0.1, -0.05) is 121 Å². The lowest BCUT2D eigenvalue weighted by molar-refractivity contribution is -0.143. The van der Waals surface area contributed by atoms with Gasteiger partial charge in [-0.05, 0) is 48.4 Å². The highest BCUT2D eigenvalue weighted by molar-refractivity contribution is 5.69. The van der Waals surface area contributed by atoms with Crippen LogP contribution in [0.1, 0.15) is 67.7 Å². The van der Waals surface area contributed by atoms with Crippen molar-refractivity contribution in [2.75, 3.05) is 13.2 Å². The molecule has 0 aliphatic heterocycles. The zero-order chi connectivity index (χ0) is 30.8. The highest BCUT2D eigenvalue weighted by Gasteiger charge is 2.35. The molecule has 0 aliphatic carbocycles. The van der Waals surface area contributed by atoms with Crippen molar-refractivity contribution < 1.29 is 14.6 Å². The van der Waals surface area contributed by atoms with Crippen LogP contribution in [0.25, 0.3) is 0 Å². The number of aliphatic hydroxyl groups is 1. The Bertz CT molecular complexity index is 1360. The van der Waals surface area contributed by atoms with Crippen LogP contribution in [0.4, 0.5) is 0 Å². The molecule has 1 N–H and O–H groups in total. The van der Waals surface area contributed by atoms with Gasteiger partial charge in [-0.25, -0.2) is 0 Å². The molecule has 5 nitrogen and oxygen atoms in total. The Hall–Kier alpha value is -4.71. The van der Waals surface area contributed by atoms with Crippen molar-refractivity contribution in [1.29, 1.82) is 10.5 Å². The monoisotopic (exact) mass is 572 g/mol. The van der Waals surface area contributed by atoms with Crippen molar-refractivity contribution in [2.45, 2.75) is 56.3 Å². The van der Waals surface area contributed by atoms with Crippen molar-refractivity contribution in [3.63, 3.8) is 0 Å². The fourth-order valence-corrected chi connectivity index (χ4v) is 5.72. The van der Waals surface area contributed by atoms with E-state index < -0.39 is 5.41 Å². The number of carbonyl (C=O) groups excluding carboxylic acids is 1. The number of hydrogen-bond donors (Lipinski definition) is 1. The second-order valence-corrected chi connectivity index (χ2v) is 10.4. The first-order valence-corrected chi connectivity index (χ1v) is 14.8. The lowest BCUT2D eigenvalue weighted by Gasteiger charge is -2.33. The highest BCUT2D eigenvalue weighted by Crippen LogP contribution is 2.41. The van der Waals surface area contributed by atoms with E-state index in [4.69, 9.17) is 4.74 Å². The summed E-state index contributed by atoms with van der Waals surface area (Å²) in [5.74, 6) is -0.221. The van der Waals surface area contributed by atoms with E-state index in [1.54, 1.807) is 6.92 Å². The Balaban J connectivity index is 0.000000238. The third kappa shape index (κ3) is 8.65. The summed E-state index contributed by atoms with van der Waals surface area (Å²) in [7, 11) is 0. The van der Waals surface area contributed by atoms with Crippen molar-refractivity contribution >= 4 is 5.97 Å². The van der Waals surface area contributed by atoms with E-state index in [1.807, 2.05) is 97.1 Å². The van der Waals surface area contributed by atoms with E-state index in [2.05, 4.69) is 36.4 Å². The van der Waals surface area contributed by atoms with Gasteiger partial charge in [0.25, 0.3) is 0 Å². The minimum atomic E-state index is -0.496. The Morgan fingerprint density at radius 1 is 0.651 bits per heavy atom. The zero-order valence-corrected chi connectivity index (χ0v) is 24.9. The van der Waals surface area contributed by atoms with Gasteiger partial charge in [0.15, 0.2) is 0 Å². The predicted octanol–water partition coefficient (Wildman–Crippen LogP) is 7.89. The number of nitrogens with zero attached hydrogens (tertiary/aromatic N) is 2. The van der Waals surface area contributed by atoms with Gasteiger partial charge in [-0.2, -0.15) is 10.5 Å². The summed E-state index contributed by atoms with van der Waals surface area (Å²) in [6, 6.07) is 44.8. The van der Waals surface area contributed by atoms with E-state index in [-0.39, 0.29) is 18.0 Å². The standard InChI is InChI=1S/C20H21NO2.C18H19NO/c1-2-23-19(22)13-14-20(15-16-21,17-9-5-3-6-10-17)18-11-7-4-8-12-18;19-14-13-18(12-7-15-20,16-8-3-1-4-9-16)17-10-5-2-6-11-17/h3-12H,2,13-15H2,1H3;1-6,8-11,20H,7,12-13,15H2. The largest absolute Gasteiger partial charge is 0.466 e. The fourth-order valence-electron chi connectivity index (χ4n) is 5.72. The molecule has 0 saturated carbocycles. The van der Waals surface area contributed by atoms with Crippen LogP contribution >= 0.6 is 0 Å². The predicted molar refractivity (Wildman–Crippen MR) is 170 cm³/mol. The van der Waals surface area contributed by atoms with E-state index >= 15 is 0 Å². The topological polar surface area (TPSA) is 94.1 Å². The number of aliphatic hydroxyl groups excluding tert-OH is 1. The van der Waals surface area contributed by atoms with E-state index in [1.165, 1.54) is 0 Å². The van der Waals surface area contributed by atoms with Crippen LogP contribution in [0.15, 0.2) is 121 Å². The van der Waals surface area contributed by atoms with Crippen LogP contribution in [0.5, 0.6) is 0 Å². The number of ether oxygens (including phenoxy) is 1. The summed E-state index contributed by atoms with van der Waals surface area (Å²) < 4.78 is 5.07. The number of rotatable bonds is 13. The van der Waals surface area contributed by atoms with Crippen LogP contribution in [0.2, 0.25) is 0 Å². The molecule has 220 valence electrons. The molecule has 0 heterocycles. The molecule has 4 aromatic carbocycles. The molecule has 0 fully saturated rings. The quantitative estimate of drug-likeness (QED) is 0.164. The summed E-state index contributed by atoms with van der Waals surface area (Å²) in [6.45, 7) is 2.32. The van der Waals surface area contributed by atoms with Gasteiger partial charge in [-0.3, -0.25) is 4.79 Å². The van der Waals surface area contributed by atoms with Gasteiger partial charge < -0.3 is 9.84 Å². The van der Waals surface area contributed by atoms with Crippen LogP contribution in [-0.2, 0) is 20.4 Å². The Morgan fingerprint density at radius 2 is 1.00 bits per heavy atom. The van der Waals surface area contributed by atoms with Gasteiger partial charge in [0, 0.05) is 36.7 Å². The molecule has 0 unspecified atom stereocenters. The molecule has 0 aliphatic rings. The molecule has 4 rings (SSSR count). The van der Waals surface area contributed by atoms with Crippen molar-refractivity contribution in [3.8, 4) is 12.1 Å². The number of hydrogen-bond acceptors (Lipinski definition) is 5. The summed E-state index contributed by atoms with van der Waals surface area (Å²) >= 11 is 0. The summed E-state index contributed by atoms with van der Waals surface area (Å²) in [5, 5.41) is 27.9. The van der Waals surface area contributed by atoms with Crippen molar-refractivity contribution in [3.05, 3.63) is 144 Å². The van der Waals surface area contributed by atoms with Crippen molar-refractivity contribution in [1.82, 2.24) is 0 Å². The van der Waals surface area contributed by atoms with Crippen LogP contribution in [-0.4, -0.2) is 24.3 Å². The highest BCUT2D eigenvalue weighted by atomic mass is 16.5. The average Bonchev–Trinajstić information content (AvgIpc) is 3.07. The lowest BCUT2D eigenvalue weighted by atomic mass is 9.69. The van der Waals surface area contributed by atoms with Gasteiger partial charge in [0.1, 0.15) is 0 Å². The lowest BCUT2D eigenvalue weighted by Crippen LogP contribution is -2.28. The Kier molecular flexibility index (Phi) is 13.2. The summed E-state index contributed by atoms with van der Waals surface area (Å²) in [4.78, 5) is 11.9. The second kappa shape index (κ2) is 17.3. The third-order valence-corrected chi connectivity index (χ3v) is 7.89. The summed E-state index contributed by atoms with van der Waals surface area (Å²) in [6.07, 6.45) is 3.03. The maximum Gasteiger partial charge on any atom is 0.305 e. The van der Waals surface area contributed by atoms with E-state index in [0.29, 0.717) is 38.7 Å². The molecule has 0 bridgehead atoms. The molecule has 0 spiro atoms. The first kappa shape index (κ1) is 32.8. The van der Waals surface area contributed by atoms with Gasteiger partial charge in [-0.15, -0.1) is 0 Å². The van der Waals surface area contributed by atoms with Crippen LogP contribution in [0.3, 0.4) is 0 Å². The van der Waals surface area contributed by atoms with Crippen molar-refractivity contribution in [2.24, 2.45) is 0 Å². The maximum absolute atomic E-state index is 11.9. The zero-order valence-electron chi connectivity index (χ0n) is 24.9. The smallest absolute Gasteiger partial charge is 0.305 e. The van der Waals surface area contributed by atoms with Crippen LogP contribution in [0, 0.1) is 22.7 Å². The average molecular weight is 573 g/mol. The Morgan fingerprint density at radius 3 is 1.30 bits per heavy atom. The van der Waals surface area contributed by atoms with E-state index in [9.17, 15) is 20.4 Å². The van der Waals surface area contributed by atoms with E-state index in [0.717, 1.165) is 28.7 Å². The molecule has 0 aromatic heterocycles. The number of esters is 1. The van der Waals surface area contributed by atoms with Gasteiger partial charge in [0.05, 0.1) is 18.7 Å². The van der Waals surface area contributed by atoms with Crippen LogP contribution < -0.4 is 0 Å². The first-order chi connectivity index (χ1) is 21.1. The molecule has 5 heteroatoms. The molecule has 43 heavy (non-hydrogen) atoms. The second-order valence-electron chi connectivity index (χ2n) is 10.4. The van der Waals surface area contributed by atoms with Gasteiger partial charge in [0.2, 0.25) is 0 Å². The third-order valence-electron chi connectivity index (χ3n) is 7.89.